The predicted molar refractivity (Wildman–Crippen MR) is 111 cm³/mol. The molecule has 0 fully saturated rings. The van der Waals surface area contributed by atoms with Gasteiger partial charge in [0, 0.05) is 18.3 Å². The Morgan fingerprint density at radius 1 is 1.07 bits per heavy atom. The van der Waals surface area contributed by atoms with Gasteiger partial charge in [-0.2, -0.15) is 0 Å². The Bertz CT molecular complexity index is 1140. The van der Waals surface area contributed by atoms with Crippen LogP contribution in [0.1, 0.15) is 34.7 Å². The Labute approximate surface area is 169 Å². The number of carbonyl (C=O) groups is 1. The summed E-state index contributed by atoms with van der Waals surface area (Å²) >= 11 is 0. The van der Waals surface area contributed by atoms with Crippen molar-refractivity contribution in [2.45, 2.75) is 25.9 Å². The standard InChI is InChI=1S/C24H22N2O3/c1-17-8-5-6-11-19(17)20(14-23(27)28)21-15-25-24-22(12-7-13-26(21)24)29-16-18-9-3-2-4-10-18/h2-13,15,20H,14,16H2,1H3,(H,27,28). The lowest BCUT2D eigenvalue weighted by molar-refractivity contribution is -0.137. The van der Waals surface area contributed by atoms with Crippen molar-refractivity contribution in [2.24, 2.45) is 0 Å². The Balaban J connectivity index is 1.72. The summed E-state index contributed by atoms with van der Waals surface area (Å²) in [6.45, 7) is 2.45. The molecular weight excluding hydrogens is 364 g/mol. The summed E-state index contributed by atoms with van der Waals surface area (Å²) in [5.41, 5.74) is 4.65. The monoisotopic (exact) mass is 386 g/mol. The minimum absolute atomic E-state index is 0.00620. The van der Waals surface area contributed by atoms with E-state index in [2.05, 4.69) is 4.98 Å². The van der Waals surface area contributed by atoms with Crippen LogP contribution in [0.5, 0.6) is 5.75 Å². The summed E-state index contributed by atoms with van der Waals surface area (Å²) in [5.74, 6) is -0.473. The second kappa shape index (κ2) is 8.19. The smallest absolute Gasteiger partial charge is 0.304 e. The summed E-state index contributed by atoms with van der Waals surface area (Å²) < 4.78 is 7.94. The van der Waals surface area contributed by atoms with Crippen molar-refractivity contribution in [1.82, 2.24) is 9.38 Å². The van der Waals surface area contributed by atoms with Crippen LogP contribution in [0.3, 0.4) is 0 Å². The fourth-order valence-corrected chi connectivity index (χ4v) is 3.64. The van der Waals surface area contributed by atoms with Gasteiger partial charge in [0.25, 0.3) is 0 Å². The number of carboxylic acids is 1. The minimum Gasteiger partial charge on any atom is -0.485 e. The molecule has 4 rings (SSSR count). The van der Waals surface area contributed by atoms with Gasteiger partial charge in [-0.25, -0.2) is 4.98 Å². The maximum atomic E-state index is 11.6. The first-order valence-electron chi connectivity index (χ1n) is 9.53. The first-order valence-corrected chi connectivity index (χ1v) is 9.53. The normalized spacial score (nSPS) is 12.0. The molecule has 5 heteroatoms. The molecular formula is C24H22N2O3. The molecule has 1 unspecified atom stereocenters. The molecule has 0 bridgehead atoms. The molecule has 5 nitrogen and oxygen atoms in total. The molecule has 0 amide bonds. The van der Waals surface area contributed by atoms with E-state index in [1.54, 1.807) is 6.20 Å². The SMILES string of the molecule is Cc1ccccc1C(CC(=O)O)c1cnc2c(OCc3ccccc3)cccn12. The Hall–Kier alpha value is -3.60. The second-order valence-electron chi connectivity index (χ2n) is 7.03. The van der Waals surface area contributed by atoms with Crippen LogP contribution in [-0.4, -0.2) is 20.5 Å². The number of carboxylic acid groups (broad SMARTS) is 1. The average molecular weight is 386 g/mol. The highest BCUT2D eigenvalue weighted by Crippen LogP contribution is 2.32. The molecule has 0 aliphatic heterocycles. The zero-order valence-electron chi connectivity index (χ0n) is 16.2. The number of aromatic nitrogens is 2. The number of rotatable bonds is 7. The maximum absolute atomic E-state index is 11.6. The first kappa shape index (κ1) is 18.7. The zero-order chi connectivity index (χ0) is 20.2. The number of fused-ring (bicyclic) bond motifs is 1. The summed E-state index contributed by atoms with van der Waals surface area (Å²) in [7, 11) is 0. The molecule has 0 radical (unpaired) electrons. The molecule has 0 spiro atoms. The number of nitrogens with zero attached hydrogens (tertiary/aromatic N) is 2. The fraction of sp³-hybridized carbons (Fsp3) is 0.167. The highest BCUT2D eigenvalue weighted by molar-refractivity contribution is 5.69. The molecule has 29 heavy (non-hydrogen) atoms. The molecule has 2 aromatic carbocycles. The van der Waals surface area contributed by atoms with Crippen LogP contribution in [0, 0.1) is 6.92 Å². The number of aryl methyl sites for hydroxylation is 1. The third-order valence-electron chi connectivity index (χ3n) is 5.07. The van der Waals surface area contributed by atoms with E-state index in [9.17, 15) is 9.90 Å². The summed E-state index contributed by atoms with van der Waals surface area (Å²) in [5, 5.41) is 9.52. The number of aliphatic carboxylic acids is 1. The lowest BCUT2D eigenvalue weighted by atomic mass is 9.89. The molecule has 0 saturated heterocycles. The topological polar surface area (TPSA) is 63.8 Å². The fourth-order valence-electron chi connectivity index (χ4n) is 3.64. The zero-order valence-corrected chi connectivity index (χ0v) is 16.2. The van der Waals surface area contributed by atoms with E-state index in [0.29, 0.717) is 18.0 Å². The van der Waals surface area contributed by atoms with Crippen LogP contribution in [0.2, 0.25) is 0 Å². The van der Waals surface area contributed by atoms with Crippen molar-refractivity contribution in [1.29, 1.82) is 0 Å². The Morgan fingerprint density at radius 3 is 2.59 bits per heavy atom. The molecule has 0 saturated carbocycles. The quantitative estimate of drug-likeness (QED) is 0.494. The molecule has 2 aromatic heterocycles. The van der Waals surface area contributed by atoms with Crippen LogP contribution < -0.4 is 4.74 Å². The number of benzene rings is 2. The molecule has 0 aliphatic rings. The van der Waals surface area contributed by atoms with Crippen LogP contribution in [0.25, 0.3) is 5.65 Å². The highest BCUT2D eigenvalue weighted by atomic mass is 16.5. The first-order chi connectivity index (χ1) is 14.1. The molecule has 1 atom stereocenters. The van der Waals surface area contributed by atoms with E-state index in [1.807, 2.05) is 84.3 Å². The van der Waals surface area contributed by atoms with Crippen LogP contribution in [0.15, 0.2) is 79.1 Å². The van der Waals surface area contributed by atoms with Crippen LogP contribution in [0.4, 0.5) is 0 Å². The van der Waals surface area contributed by atoms with Crippen molar-refractivity contribution in [3.63, 3.8) is 0 Å². The van der Waals surface area contributed by atoms with Crippen molar-refractivity contribution >= 4 is 11.6 Å². The van der Waals surface area contributed by atoms with Gasteiger partial charge in [0.1, 0.15) is 6.61 Å². The van der Waals surface area contributed by atoms with E-state index in [4.69, 9.17) is 4.74 Å². The Kier molecular flexibility index (Phi) is 5.29. The van der Waals surface area contributed by atoms with Gasteiger partial charge < -0.3 is 14.2 Å². The van der Waals surface area contributed by atoms with Crippen molar-refractivity contribution in [3.8, 4) is 5.75 Å². The van der Waals surface area contributed by atoms with E-state index < -0.39 is 5.97 Å². The van der Waals surface area contributed by atoms with Crippen molar-refractivity contribution < 1.29 is 14.6 Å². The van der Waals surface area contributed by atoms with Crippen molar-refractivity contribution in [3.05, 3.63) is 102 Å². The van der Waals surface area contributed by atoms with E-state index in [1.165, 1.54) is 0 Å². The van der Waals surface area contributed by atoms with Gasteiger partial charge in [0.05, 0.1) is 12.1 Å². The number of imidazole rings is 1. The third kappa shape index (κ3) is 3.99. The maximum Gasteiger partial charge on any atom is 0.304 e. The van der Waals surface area contributed by atoms with E-state index in [0.717, 1.165) is 22.4 Å². The van der Waals surface area contributed by atoms with Gasteiger partial charge in [-0.1, -0.05) is 54.6 Å². The molecule has 146 valence electrons. The summed E-state index contributed by atoms with van der Waals surface area (Å²) in [4.78, 5) is 16.2. The van der Waals surface area contributed by atoms with Gasteiger partial charge in [0.2, 0.25) is 0 Å². The van der Waals surface area contributed by atoms with Gasteiger partial charge in [-0.15, -0.1) is 0 Å². The number of hydrogen-bond donors (Lipinski definition) is 1. The van der Waals surface area contributed by atoms with Crippen LogP contribution >= 0.6 is 0 Å². The third-order valence-corrected chi connectivity index (χ3v) is 5.07. The summed E-state index contributed by atoms with van der Waals surface area (Å²) in [6.07, 6.45) is 3.65. The summed E-state index contributed by atoms with van der Waals surface area (Å²) in [6, 6.07) is 21.6. The van der Waals surface area contributed by atoms with Gasteiger partial charge >= 0.3 is 5.97 Å². The van der Waals surface area contributed by atoms with Gasteiger partial charge in [-0.05, 0) is 35.7 Å². The predicted octanol–water partition coefficient (Wildman–Crippen LogP) is 4.83. The molecule has 0 aliphatic carbocycles. The minimum atomic E-state index is -0.843. The van der Waals surface area contributed by atoms with Crippen molar-refractivity contribution in [2.75, 3.05) is 0 Å². The van der Waals surface area contributed by atoms with E-state index in [-0.39, 0.29) is 12.3 Å². The second-order valence-corrected chi connectivity index (χ2v) is 7.03. The average Bonchev–Trinajstić information content (AvgIpc) is 3.16. The van der Waals surface area contributed by atoms with Crippen LogP contribution in [-0.2, 0) is 11.4 Å². The Morgan fingerprint density at radius 2 is 1.83 bits per heavy atom. The lowest BCUT2D eigenvalue weighted by Crippen LogP contribution is -2.11. The number of pyridine rings is 1. The molecule has 1 N–H and O–H groups in total. The lowest BCUT2D eigenvalue weighted by Gasteiger charge is -2.18. The molecule has 4 aromatic rings. The van der Waals surface area contributed by atoms with Gasteiger partial charge in [-0.3, -0.25) is 4.79 Å². The number of ether oxygens (including phenoxy) is 1. The molecule has 2 heterocycles. The van der Waals surface area contributed by atoms with E-state index >= 15 is 0 Å². The van der Waals surface area contributed by atoms with Gasteiger partial charge in [0.15, 0.2) is 11.4 Å². The largest absolute Gasteiger partial charge is 0.485 e. The number of hydrogen-bond acceptors (Lipinski definition) is 3. The highest BCUT2D eigenvalue weighted by Gasteiger charge is 2.23.